The summed E-state index contributed by atoms with van der Waals surface area (Å²) in [5.74, 6) is 0.0662. The number of carbonyl (C=O) groups excluding carboxylic acids is 4. The van der Waals surface area contributed by atoms with Crippen LogP contribution in [0, 0.1) is 17.8 Å². The van der Waals surface area contributed by atoms with Crippen molar-refractivity contribution in [1.29, 1.82) is 0 Å². The predicted molar refractivity (Wildman–Crippen MR) is 372 cm³/mol. The lowest BCUT2D eigenvalue weighted by molar-refractivity contribution is -0.161. The summed E-state index contributed by atoms with van der Waals surface area (Å²) >= 11 is 0. The molecule has 17 nitrogen and oxygen atoms in total. The lowest BCUT2D eigenvalue weighted by Crippen LogP contribution is -2.30. The number of aliphatic hydroxyl groups excluding tert-OH is 1. The van der Waals surface area contributed by atoms with Crippen LogP contribution in [0.2, 0.25) is 0 Å². The number of rotatable bonds is 71. The highest BCUT2D eigenvalue weighted by Crippen LogP contribution is 2.45. The molecule has 0 spiro atoms. The van der Waals surface area contributed by atoms with Crippen LogP contribution in [0.5, 0.6) is 0 Å². The number of ether oxygens (including phenoxy) is 4. The highest BCUT2D eigenvalue weighted by Gasteiger charge is 2.30. The summed E-state index contributed by atoms with van der Waals surface area (Å²) in [6.07, 6.45) is 48.7. The fraction of sp³-hybridized carbons (Fsp3) is 0.945. The van der Waals surface area contributed by atoms with Gasteiger partial charge in [-0.3, -0.25) is 37.3 Å². The van der Waals surface area contributed by atoms with Crippen LogP contribution < -0.4 is 0 Å². The molecule has 3 N–H and O–H groups in total. The molecule has 0 aliphatic carbocycles. The number of hydrogen-bond donors (Lipinski definition) is 3. The number of esters is 4. The lowest BCUT2D eigenvalue weighted by atomic mass is 10.0. The van der Waals surface area contributed by atoms with E-state index in [9.17, 15) is 43.2 Å². The largest absolute Gasteiger partial charge is 0.472 e. The van der Waals surface area contributed by atoms with Gasteiger partial charge in [-0.25, -0.2) is 9.13 Å². The standard InChI is InChI=1S/C73H142O17P2/c1-8-9-10-11-12-13-14-15-16-17-18-19-20-28-33-42-49-56-72(77)89-68(60-83-70(75)54-47-40-32-27-23-21-25-30-37-44-51-64(2)3)62-87-91(79,80)85-58-67(74)59-86-92(81,82)88-63-69(61-84-71(76)55-48-41-36-35-39-46-53-66(6)7)90-73(78)57-50-43-34-29-24-22-26-31-38-45-52-65(4)5/h64-69,74H,8-63H2,1-7H3,(H,79,80)(H,81,82)/t67-,68-,69-/m1/s1. The Bertz CT molecular complexity index is 1800. The Kier molecular flexibility index (Phi) is 62.4. The summed E-state index contributed by atoms with van der Waals surface area (Å²) in [7, 11) is -9.91. The summed E-state index contributed by atoms with van der Waals surface area (Å²) in [5.41, 5.74) is 0. The van der Waals surface area contributed by atoms with E-state index >= 15 is 0 Å². The zero-order valence-corrected chi connectivity index (χ0v) is 61.8. The SMILES string of the molecule is CCCCCCCCCCCCCCCCCCCC(=O)O[C@H](COC(=O)CCCCCCCCCCCCC(C)C)COP(=O)(O)OC[C@@H](O)COP(=O)(O)OC[C@@H](COC(=O)CCCCCCCCC(C)C)OC(=O)CCCCCCCCCCCCC(C)C. The van der Waals surface area contributed by atoms with Crippen LogP contribution in [-0.2, 0) is 65.4 Å². The maximum Gasteiger partial charge on any atom is 0.472 e. The molecule has 0 aliphatic rings. The number of aliphatic hydroxyl groups is 1. The Hall–Kier alpha value is -1.94. The van der Waals surface area contributed by atoms with Gasteiger partial charge >= 0.3 is 39.5 Å². The van der Waals surface area contributed by atoms with Crippen molar-refractivity contribution in [3.63, 3.8) is 0 Å². The topological polar surface area (TPSA) is 237 Å². The van der Waals surface area contributed by atoms with Crippen LogP contribution in [0.4, 0.5) is 0 Å². The summed E-state index contributed by atoms with van der Waals surface area (Å²) in [6.45, 7) is 11.8. The summed E-state index contributed by atoms with van der Waals surface area (Å²) in [4.78, 5) is 72.6. The van der Waals surface area contributed by atoms with Gasteiger partial charge in [0.15, 0.2) is 12.2 Å². The molecular formula is C73H142O17P2. The molecule has 546 valence electrons. The smallest absolute Gasteiger partial charge is 0.462 e. The molecule has 2 unspecified atom stereocenters. The number of carbonyl (C=O) groups is 4. The molecule has 0 heterocycles. The normalized spacial score (nSPS) is 14.1. The molecule has 0 saturated heterocycles. The number of hydrogen-bond acceptors (Lipinski definition) is 15. The summed E-state index contributed by atoms with van der Waals surface area (Å²) in [5, 5.41) is 10.6. The van der Waals surface area contributed by atoms with Crippen molar-refractivity contribution in [2.45, 2.75) is 388 Å². The Labute approximate surface area is 562 Å². The van der Waals surface area contributed by atoms with Crippen molar-refractivity contribution in [2.75, 3.05) is 39.6 Å². The van der Waals surface area contributed by atoms with Crippen molar-refractivity contribution in [1.82, 2.24) is 0 Å². The number of unbranched alkanes of at least 4 members (excludes halogenated alkanes) is 39. The van der Waals surface area contributed by atoms with E-state index in [1.165, 1.54) is 173 Å². The highest BCUT2D eigenvalue weighted by atomic mass is 31.2. The quantitative estimate of drug-likeness (QED) is 0.0222. The zero-order chi connectivity index (χ0) is 68.0. The van der Waals surface area contributed by atoms with Gasteiger partial charge in [0.1, 0.15) is 19.3 Å². The molecule has 0 fully saturated rings. The first kappa shape index (κ1) is 90.1. The molecular weight excluding hydrogens is 1210 g/mol. The molecule has 0 aromatic carbocycles. The number of phosphoric ester groups is 2. The van der Waals surface area contributed by atoms with Gasteiger partial charge in [-0.2, -0.15) is 0 Å². The molecule has 0 aromatic rings. The van der Waals surface area contributed by atoms with Crippen LogP contribution in [0.1, 0.15) is 370 Å². The van der Waals surface area contributed by atoms with Crippen molar-refractivity contribution < 1.29 is 80.2 Å². The van der Waals surface area contributed by atoms with Crippen LogP contribution in [0.15, 0.2) is 0 Å². The van der Waals surface area contributed by atoms with Crippen molar-refractivity contribution >= 4 is 39.5 Å². The molecule has 5 atom stereocenters. The zero-order valence-electron chi connectivity index (χ0n) is 60.0. The summed E-state index contributed by atoms with van der Waals surface area (Å²) < 4.78 is 68.4. The maximum atomic E-state index is 13.1. The van der Waals surface area contributed by atoms with E-state index in [2.05, 4.69) is 48.5 Å². The fourth-order valence-corrected chi connectivity index (χ4v) is 12.7. The van der Waals surface area contributed by atoms with Gasteiger partial charge in [0.2, 0.25) is 0 Å². The third-order valence-electron chi connectivity index (χ3n) is 16.9. The van der Waals surface area contributed by atoms with E-state index in [0.717, 1.165) is 108 Å². The third-order valence-corrected chi connectivity index (χ3v) is 18.8. The molecule has 0 aromatic heterocycles. The molecule has 19 heteroatoms. The summed E-state index contributed by atoms with van der Waals surface area (Å²) in [6, 6.07) is 0. The third kappa shape index (κ3) is 66.7. The van der Waals surface area contributed by atoms with Gasteiger partial charge in [0.25, 0.3) is 0 Å². The minimum absolute atomic E-state index is 0.105. The first-order valence-electron chi connectivity index (χ1n) is 37.8. The van der Waals surface area contributed by atoms with Gasteiger partial charge in [0, 0.05) is 25.7 Å². The Morgan fingerprint density at radius 2 is 0.500 bits per heavy atom. The maximum absolute atomic E-state index is 13.1. The molecule has 0 bridgehead atoms. The van der Waals surface area contributed by atoms with E-state index < -0.39 is 97.5 Å². The van der Waals surface area contributed by atoms with Crippen LogP contribution >= 0.6 is 15.6 Å². The first-order valence-corrected chi connectivity index (χ1v) is 40.8. The van der Waals surface area contributed by atoms with Crippen LogP contribution in [-0.4, -0.2) is 96.7 Å². The monoisotopic (exact) mass is 1350 g/mol. The van der Waals surface area contributed by atoms with Gasteiger partial charge in [0.05, 0.1) is 26.4 Å². The second kappa shape index (κ2) is 63.8. The second-order valence-electron chi connectivity index (χ2n) is 27.8. The van der Waals surface area contributed by atoms with E-state index in [0.29, 0.717) is 31.6 Å². The van der Waals surface area contributed by atoms with Gasteiger partial charge in [-0.05, 0) is 43.4 Å². The average molecular weight is 1350 g/mol. The fourth-order valence-electron chi connectivity index (χ4n) is 11.1. The molecule has 0 rings (SSSR count). The van der Waals surface area contributed by atoms with Crippen LogP contribution in [0.3, 0.4) is 0 Å². The lowest BCUT2D eigenvalue weighted by Gasteiger charge is -2.21. The highest BCUT2D eigenvalue weighted by molar-refractivity contribution is 7.47. The average Bonchev–Trinajstić information content (AvgIpc) is 2.01. The van der Waals surface area contributed by atoms with Gasteiger partial charge < -0.3 is 33.8 Å². The Morgan fingerprint density at radius 1 is 0.293 bits per heavy atom. The Balaban J connectivity index is 5.24. The van der Waals surface area contributed by atoms with E-state index in [-0.39, 0.29) is 25.7 Å². The molecule has 92 heavy (non-hydrogen) atoms. The van der Waals surface area contributed by atoms with Crippen molar-refractivity contribution in [3.05, 3.63) is 0 Å². The minimum atomic E-state index is -4.95. The van der Waals surface area contributed by atoms with Crippen molar-refractivity contribution in [3.8, 4) is 0 Å². The van der Waals surface area contributed by atoms with E-state index in [1.54, 1.807) is 0 Å². The first-order chi connectivity index (χ1) is 44.2. The minimum Gasteiger partial charge on any atom is -0.462 e. The second-order valence-corrected chi connectivity index (χ2v) is 30.7. The van der Waals surface area contributed by atoms with Gasteiger partial charge in [-0.1, -0.05) is 318 Å². The molecule has 0 aliphatic heterocycles. The Morgan fingerprint density at radius 3 is 0.739 bits per heavy atom. The predicted octanol–water partition coefficient (Wildman–Crippen LogP) is 21.0. The molecule has 0 radical (unpaired) electrons. The molecule has 0 amide bonds. The molecule has 0 saturated carbocycles. The van der Waals surface area contributed by atoms with Gasteiger partial charge in [-0.15, -0.1) is 0 Å². The van der Waals surface area contributed by atoms with Crippen molar-refractivity contribution in [2.24, 2.45) is 17.8 Å². The van der Waals surface area contributed by atoms with E-state index in [4.69, 9.17) is 37.0 Å². The number of phosphoric acid groups is 2. The van der Waals surface area contributed by atoms with E-state index in [1.807, 2.05) is 0 Å². The van der Waals surface area contributed by atoms with Crippen LogP contribution in [0.25, 0.3) is 0 Å².